The standard InChI is InChI=1S/C15H20BrN3O2/c16-14-5-4-12(9-15(14)19(20)21)10-17-7-8-18-6-2-1-3-13(18)11-17/h4-5,9,13H,1-3,6-8,10-11H2. The van der Waals surface area contributed by atoms with Gasteiger partial charge in [-0.05, 0) is 46.9 Å². The topological polar surface area (TPSA) is 49.6 Å². The predicted molar refractivity (Wildman–Crippen MR) is 85.3 cm³/mol. The lowest BCUT2D eigenvalue weighted by molar-refractivity contribution is -0.385. The fraction of sp³-hybridized carbons (Fsp3) is 0.600. The first kappa shape index (κ1) is 14.9. The zero-order valence-corrected chi connectivity index (χ0v) is 13.6. The molecule has 21 heavy (non-hydrogen) atoms. The molecule has 0 aromatic heterocycles. The SMILES string of the molecule is O=[N+]([O-])c1cc(CN2CCN3CCCCC3C2)ccc1Br. The van der Waals surface area contributed by atoms with Crippen LogP contribution in [-0.4, -0.2) is 46.9 Å². The number of piperidine rings is 1. The maximum absolute atomic E-state index is 11.0. The lowest BCUT2D eigenvalue weighted by atomic mass is 9.99. The Hall–Kier alpha value is -0.980. The molecule has 2 aliphatic rings. The van der Waals surface area contributed by atoms with Crippen molar-refractivity contribution >= 4 is 21.6 Å². The van der Waals surface area contributed by atoms with E-state index in [1.165, 1.54) is 25.8 Å². The Kier molecular flexibility index (Phi) is 4.57. The fourth-order valence-electron chi connectivity index (χ4n) is 3.42. The van der Waals surface area contributed by atoms with E-state index >= 15 is 0 Å². The van der Waals surface area contributed by atoms with Crippen molar-refractivity contribution in [1.29, 1.82) is 0 Å². The molecule has 0 saturated carbocycles. The van der Waals surface area contributed by atoms with E-state index in [1.807, 2.05) is 6.07 Å². The third-order valence-corrected chi connectivity index (χ3v) is 5.21. The van der Waals surface area contributed by atoms with Gasteiger partial charge in [-0.25, -0.2) is 0 Å². The number of hydrogen-bond donors (Lipinski definition) is 0. The minimum absolute atomic E-state index is 0.156. The molecule has 6 heteroatoms. The molecule has 1 unspecified atom stereocenters. The minimum Gasteiger partial charge on any atom is -0.298 e. The Labute approximate surface area is 133 Å². The van der Waals surface area contributed by atoms with Crippen LogP contribution in [0.3, 0.4) is 0 Å². The molecule has 114 valence electrons. The van der Waals surface area contributed by atoms with Gasteiger partial charge in [0.05, 0.1) is 9.40 Å². The normalized spacial score (nSPS) is 23.8. The summed E-state index contributed by atoms with van der Waals surface area (Å²) in [5.41, 5.74) is 1.18. The average molecular weight is 354 g/mol. The molecule has 2 saturated heterocycles. The van der Waals surface area contributed by atoms with Gasteiger partial charge >= 0.3 is 0 Å². The van der Waals surface area contributed by atoms with Gasteiger partial charge in [0.15, 0.2) is 0 Å². The fourth-order valence-corrected chi connectivity index (χ4v) is 3.81. The minimum atomic E-state index is -0.327. The molecule has 2 aliphatic heterocycles. The molecular formula is C15H20BrN3O2. The maximum Gasteiger partial charge on any atom is 0.283 e. The Morgan fingerprint density at radius 2 is 2.14 bits per heavy atom. The Morgan fingerprint density at radius 3 is 2.95 bits per heavy atom. The van der Waals surface area contributed by atoms with Crippen LogP contribution in [0.2, 0.25) is 0 Å². The predicted octanol–water partition coefficient (Wildman–Crippen LogP) is 3.03. The van der Waals surface area contributed by atoms with Crippen molar-refractivity contribution in [1.82, 2.24) is 9.80 Å². The summed E-state index contributed by atoms with van der Waals surface area (Å²) in [6.45, 7) is 5.31. The van der Waals surface area contributed by atoms with E-state index in [2.05, 4.69) is 25.7 Å². The first-order valence-electron chi connectivity index (χ1n) is 7.53. The second-order valence-electron chi connectivity index (χ2n) is 5.96. The quantitative estimate of drug-likeness (QED) is 0.619. The van der Waals surface area contributed by atoms with Crippen molar-refractivity contribution in [3.05, 3.63) is 38.3 Å². The lowest BCUT2D eigenvalue weighted by Gasteiger charge is -2.44. The largest absolute Gasteiger partial charge is 0.298 e. The monoisotopic (exact) mass is 353 g/mol. The van der Waals surface area contributed by atoms with Crippen LogP contribution in [0.15, 0.2) is 22.7 Å². The molecule has 0 N–H and O–H groups in total. The molecule has 0 radical (unpaired) electrons. The number of nitro groups is 1. The first-order chi connectivity index (χ1) is 10.1. The van der Waals surface area contributed by atoms with Crippen molar-refractivity contribution < 1.29 is 4.92 Å². The van der Waals surface area contributed by atoms with Crippen LogP contribution in [0, 0.1) is 10.1 Å². The highest BCUT2D eigenvalue weighted by atomic mass is 79.9. The van der Waals surface area contributed by atoms with E-state index in [-0.39, 0.29) is 10.6 Å². The number of piperazine rings is 1. The molecule has 0 spiro atoms. The molecule has 3 rings (SSSR count). The number of fused-ring (bicyclic) bond motifs is 1. The van der Waals surface area contributed by atoms with Crippen LogP contribution in [-0.2, 0) is 6.54 Å². The van der Waals surface area contributed by atoms with Crippen LogP contribution in [0.25, 0.3) is 0 Å². The number of benzene rings is 1. The number of hydrogen-bond acceptors (Lipinski definition) is 4. The van der Waals surface area contributed by atoms with Crippen molar-refractivity contribution in [2.45, 2.75) is 31.8 Å². The average Bonchev–Trinajstić information content (AvgIpc) is 2.49. The third kappa shape index (κ3) is 3.44. The summed E-state index contributed by atoms with van der Waals surface area (Å²) in [7, 11) is 0. The van der Waals surface area contributed by atoms with Gasteiger partial charge in [-0.1, -0.05) is 12.5 Å². The van der Waals surface area contributed by atoms with Gasteiger partial charge in [0.1, 0.15) is 0 Å². The van der Waals surface area contributed by atoms with Crippen LogP contribution in [0.1, 0.15) is 24.8 Å². The molecule has 2 fully saturated rings. The molecule has 1 aromatic carbocycles. The lowest BCUT2D eigenvalue weighted by Crippen LogP contribution is -2.54. The number of nitrogens with zero attached hydrogens (tertiary/aromatic N) is 3. The second-order valence-corrected chi connectivity index (χ2v) is 6.82. The van der Waals surface area contributed by atoms with Gasteiger partial charge < -0.3 is 0 Å². The second kappa shape index (κ2) is 6.42. The highest BCUT2D eigenvalue weighted by Crippen LogP contribution is 2.27. The summed E-state index contributed by atoms with van der Waals surface area (Å²) in [5, 5.41) is 11.0. The molecule has 2 heterocycles. The summed E-state index contributed by atoms with van der Waals surface area (Å²) >= 11 is 3.24. The molecule has 0 bridgehead atoms. The number of halogens is 1. The molecule has 5 nitrogen and oxygen atoms in total. The zero-order valence-electron chi connectivity index (χ0n) is 12.0. The van der Waals surface area contributed by atoms with Gasteiger partial charge in [-0.3, -0.25) is 19.9 Å². The van der Waals surface area contributed by atoms with E-state index in [0.717, 1.165) is 31.7 Å². The summed E-state index contributed by atoms with van der Waals surface area (Å²) in [6, 6.07) is 6.13. The van der Waals surface area contributed by atoms with Gasteiger partial charge in [0, 0.05) is 38.3 Å². The summed E-state index contributed by atoms with van der Waals surface area (Å²) < 4.78 is 0.549. The molecule has 1 aromatic rings. The van der Waals surface area contributed by atoms with E-state index in [0.29, 0.717) is 10.5 Å². The third-order valence-electron chi connectivity index (χ3n) is 4.53. The zero-order chi connectivity index (χ0) is 14.8. The molecule has 1 atom stereocenters. The van der Waals surface area contributed by atoms with Crippen LogP contribution in [0.5, 0.6) is 0 Å². The summed E-state index contributed by atoms with van der Waals surface area (Å²) in [6.07, 6.45) is 3.95. The van der Waals surface area contributed by atoms with Gasteiger partial charge in [0.2, 0.25) is 0 Å². The van der Waals surface area contributed by atoms with Crippen molar-refractivity contribution in [2.75, 3.05) is 26.2 Å². The maximum atomic E-state index is 11.0. The Bertz CT molecular complexity index is 538. The molecule has 0 amide bonds. The van der Waals surface area contributed by atoms with Crippen LogP contribution in [0.4, 0.5) is 5.69 Å². The Balaban J connectivity index is 1.66. The van der Waals surface area contributed by atoms with Crippen molar-refractivity contribution in [3.63, 3.8) is 0 Å². The smallest absolute Gasteiger partial charge is 0.283 e. The van der Waals surface area contributed by atoms with E-state index in [9.17, 15) is 10.1 Å². The summed E-state index contributed by atoms with van der Waals surface area (Å²) in [5.74, 6) is 0. The van der Waals surface area contributed by atoms with Gasteiger partial charge in [-0.2, -0.15) is 0 Å². The molecule has 0 aliphatic carbocycles. The highest BCUT2D eigenvalue weighted by molar-refractivity contribution is 9.10. The highest BCUT2D eigenvalue weighted by Gasteiger charge is 2.28. The number of nitro benzene ring substituents is 1. The first-order valence-corrected chi connectivity index (χ1v) is 8.32. The number of rotatable bonds is 3. The van der Waals surface area contributed by atoms with Crippen molar-refractivity contribution in [3.8, 4) is 0 Å². The van der Waals surface area contributed by atoms with Crippen LogP contribution < -0.4 is 0 Å². The van der Waals surface area contributed by atoms with E-state index < -0.39 is 0 Å². The van der Waals surface area contributed by atoms with E-state index in [4.69, 9.17) is 0 Å². The summed E-state index contributed by atoms with van der Waals surface area (Å²) in [4.78, 5) is 15.7. The molecular weight excluding hydrogens is 334 g/mol. The Morgan fingerprint density at radius 1 is 1.29 bits per heavy atom. The van der Waals surface area contributed by atoms with Crippen LogP contribution >= 0.6 is 15.9 Å². The van der Waals surface area contributed by atoms with Crippen molar-refractivity contribution in [2.24, 2.45) is 0 Å². The van der Waals surface area contributed by atoms with Gasteiger partial charge in [-0.15, -0.1) is 0 Å². The van der Waals surface area contributed by atoms with Gasteiger partial charge in [0.25, 0.3) is 5.69 Å². The van der Waals surface area contributed by atoms with E-state index in [1.54, 1.807) is 12.1 Å².